The van der Waals surface area contributed by atoms with Crippen molar-refractivity contribution < 1.29 is 9.90 Å². The summed E-state index contributed by atoms with van der Waals surface area (Å²) in [6.07, 6.45) is 3.10. The summed E-state index contributed by atoms with van der Waals surface area (Å²) in [4.78, 5) is 26.9. The van der Waals surface area contributed by atoms with Crippen molar-refractivity contribution in [3.8, 4) is 0 Å². The number of carboxylic acids is 1. The Morgan fingerprint density at radius 2 is 1.96 bits per heavy atom. The fraction of sp³-hybridized carbons (Fsp3) is 0. The lowest BCUT2D eigenvalue weighted by atomic mass is 10.1. The molecule has 7 nitrogen and oxygen atoms in total. The van der Waals surface area contributed by atoms with Crippen LogP contribution in [0.3, 0.4) is 0 Å². The third-order valence-electron chi connectivity index (χ3n) is 3.93. The molecule has 0 saturated carbocycles. The fourth-order valence-corrected chi connectivity index (χ4v) is 2.61. The summed E-state index contributed by atoms with van der Waals surface area (Å²) < 4.78 is 0. The molecular formula is C18H13N5O2. The lowest BCUT2D eigenvalue weighted by molar-refractivity contribution is -0.130. The number of anilines is 2. The van der Waals surface area contributed by atoms with Crippen LogP contribution in [-0.4, -0.2) is 31.0 Å². The van der Waals surface area contributed by atoms with Crippen LogP contribution in [0.5, 0.6) is 0 Å². The van der Waals surface area contributed by atoms with Crippen molar-refractivity contribution in [1.29, 1.82) is 0 Å². The number of aliphatic carboxylic acids is 1. The van der Waals surface area contributed by atoms with Crippen molar-refractivity contribution in [2.75, 3.05) is 5.32 Å². The van der Waals surface area contributed by atoms with Crippen LogP contribution in [0.1, 0.15) is 5.56 Å². The maximum absolute atomic E-state index is 11.2. The summed E-state index contributed by atoms with van der Waals surface area (Å²) in [5.41, 5.74) is 3.85. The molecule has 0 atom stereocenters. The second-order valence-electron chi connectivity index (χ2n) is 5.50. The molecular weight excluding hydrogens is 318 g/mol. The van der Waals surface area contributed by atoms with Gasteiger partial charge in [0.2, 0.25) is 0 Å². The van der Waals surface area contributed by atoms with Crippen LogP contribution in [0.15, 0.2) is 55.6 Å². The predicted molar refractivity (Wildman–Crippen MR) is 95.6 cm³/mol. The summed E-state index contributed by atoms with van der Waals surface area (Å²) in [5, 5.41) is 13.1. The molecule has 2 heterocycles. The number of aromatic amines is 1. The summed E-state index contributed by atoms with van der Waals surface area (Å²) in [7, 11) is 0. The Morgan fingerprint density at radius 3 is 2.80 bits per heavy atom. The first-order valence-corrected chi connectivity index (χ1v) is 7.49. The standard InChI is InChI=1S/C18H13N5O2/c1-10(18(24)25)11-2-4-14-13(6-11)17(22-9-19-14)23-12-3-5-15-16(7-12)21-8-20-15/h2-9H,1H2,(H,20,21)(H,24,25)(H,19,22,23). The van der Waals surface area contributed by atoms with Gasteiger partial charge in [0.1, 0.15) is 12.1 Å². The van der Waals surface area contributed by atoms with Gasteiger partial charge in [-0.05, 0) is 35.9 Å². The first-order valence-electron chi connectivity index (χ1n) is 7.49. The average molecular weight is 331 g/mol. The molecule has 0 unspecified atom stereocenters. The number of H-pyrrole nitrogens is 1. The number of carbonyl (C=O) groups is 1. The highest BCUT2D eigenvalue weighted by Gasteiger charge is 2.11. The van der Waals surface area contributed by atoms with Crippen molar-refractivity contribution in [1.82, 2.24) is 19.9 Å². The molecule has 3 N–H and O–H groups in total. The van der Waals surface area contributed by atoms with Crippen molar-refractivity contribution in [3.63, 3.8) is 0 Å². The van der Waals surface area contributed by atoms with Crippen LogP contribution in [0.2, 0.25) is 0 Å². The zero-order valence-electron chi connectivity index (χ0n) is 13.0. The smallest absolute Gasteiger partial charge is 0.335 e. The van der Waals surface area contributed by atoms with Gasteiger partial charge in [-0.2, -0.15) is 0 Å². The van der Waals surface area contributed by atoms with E-state index in [1.807, 2.05) is 18.2 Å². The van der Waals surface area contributed by atoms with E-state index in [2.05, 4.69) is 31.8 Å². The zero-order chi connectivity index (χ0) is 17.4. The number of fused-ring (bicyclic) bond motifs is 2. The Bertz CT molecular complexity index is 1130. The summed E-state index contributed by atoms with van der Waals surface area (Å²) in [6.45, 7) is 3.60. The molecule has 2 aromatic carbocycles. The third kappa shape index (κ3) is 2.67. The molecule has 0 amide bonds. The molecule has 4 aromatic rings. The average Bonchev–Trinajstić information content (AvgIpc) is 3.08. The third-order valence-corrected chi connectivity index (χ3v) is 3.93. The molecule has 0 saturated heterocycles. The van der Waals surface area contributed by atoms with E-state index in [1.165, 1.54) is 6.33 Å². The van der Waals surface area contributed by atoms with Crippen LogP contribution in [0.4, 0.5) is 11.5 Å². The van der Waals surface area contributed by atoms with Crippen molar-refractivity contribution in [2.24, 2.45) is 0 Å². The number of nitrogens with zero attached hydrogens (tertiary/aromatic N) is 3. The Kier molecular flexibility index (Phi) is 3.39. The maximum Gasteiger partial charge on any atom is 0.335 e. The van der Waals surface area contributed by atoms with Crippen molar-refractivity contribution >= 4 is 45.0 Å². The van der Waals surface area contributed by atoms with Crippen LogP contribution < -0.4 is 5.32 Å². The Hall–Kier alpha value is -3.74. The summed E-state index contributed by atoms with van der Waals surface area (Å²) in [6, 6.07) is 10.9. The maximum atomic E-state index is 11.2. The molecule has 0 aliphatic rings. The zero-order valence-corrected chi connectivity index (χ0v) is 13.0. The first-order chi connectivity index (χ1) is 12.1. The number of imidazole rings is 1. The van der Waals surface area contributed by atoms with Crippen molar-refractivity contribution in [2.45, 2.75) is 0 Å². The lowest BCUT2D eigenvalue weighted by Crippen LogP contribution is -2.00. The summed E-state index contributed by atoms with van der Waals surface area (Å²) >= 11 is 0. The van der Waals surface area contributed by atoms with Gasteiger partial charge in [-0.1, -0.05) is 12.6 Å². The van der Waals surface area contributed by atoms with Crippen LogP contribution >= 0.6 is 0 Å². The Morgan fingerprint density at radius 1 is 1.08 bits per heavy atom. The second kappa shape index (κ2) is 5.72. The highest BCUT2D eigenvalue weighted by molar-refractivity contribution is 6.15. The van der Waals surface area contributed by atoms with Gasteiger partial charge in [0.05, 0.1) is 28.5 Å². The number of hydrogen-bond acceptors (Lipinski definition) is 5. The largest absolute Gasteiger partial charge is 0.478 e. The van der Waals surface area contributed by atoms with Crippen LogP contribution in [0.25, 0.3) is 27.5 Å². The van der Waals surface area contributed by atoms with Gasteiger partial charge in [-0.3, -0.25) is 0 Å². The van der Waals surface area contributed by atoms with E-state index in [0.29, 0.717) is 22.3 Å². The molecule has 4 rings (SSSR count). The van der Waals surface area contributed by atoms with Gasteiger partial charge in [-0.15, -0.1) is 0 Å². The fourth-order valence-electron chi connectivity index (χ4n) is 2.61. The first kappa shape index (κ1) is 14.8. The minimum atomic E-state index is -1.06. The van der Waals surface area contributed by atoms with Crippen LogP contribution in [-0.2, 0) is 4.79 Å². The number of benzene rings is 2. The molecule has 0 aliphatic heterocycles. The number of nitrogens with one attached hydrogen (secondary N) is 2. The van der Waals surface area contributed by atoms with E-state index < -0.39 is 5.97 Å². The highest BCUT2D eigenvalue weighted by Crippen LogP contribution is 2.27. The quantitative estimate of drug-likeness (QED) is 0.495. The van der Waals surface area contributed by atoms with Gasteiger partial charge in [0, 0.05) is 11.1 Å². The van der Waals surface area contributed by atoms with Gasteiger partial charge in [0.25, 0.3) is 0 Å². The van der Waals surface area contributed by atoms with E-state index in [4.69, 9.17) is 5.11 Å². The molecule has 25 heavy (non-hydrogen) atoms. The second-order valence-corrected chi connectivity index (χ2v) is 5.50. The molecule has 0 fully saturated rings. The monoisotopic (exact) mass is 331 g/mol. The van der Waals surface area contributed by atoms with E-state index in [9.17, 15) is 4.79 Å². The highest BCUT2D eigenvalue weighted by atomic mass is 16.4. The molecule has 7 heteroatoms. The Labute approximate surface area is 142 Å². The number of rotatable bonds is 4. The van der Waals surface area contributed by atoms with Gasteiger partial charge in [0.15, 0.2) is 0 Å². The van der Waals surface area contributed by atoms with E-state index in [1.54, 1.807) is 24.5 Å². The number of hydrogen-bond donors (Lipinski definition) is 3. The SMILES string of the molecule is C=C(C(=O)O)c1ccc2ncnc(Nc3ccc4[nH]cnc4c3)c2c1. The molecule has 0 spiro atoms. The molecule has 0 radical (unpaired) electrons. The number of aromatic nitrogens is 4. The topological polar surface area (TPSA) is 104 Å². The van der Waals surface area contributed by atoms with Crippen LogP contribution in [0, 0.1) is 0 Å². The molecule has 0 bridgehead atoms. The van der Waals surface area contributed by atoms with Gasteiger partial charge < -0.3 is 15.4 Å². The molecule has 0 aliphatic carbocycles. The van der Waals surface area contributed by atoms with Gasteiger partial charge in [-0.25, -0.2) is 19.7 Å². The van der Waals surface area contributed by atoms with E-state index in [0.717, 1.165) is 16.7 Å². The predicted octanol–water partition coefficient (Wildman–Crippen LogP) is 3.35. The van der Waals surface area contributed by atoms with E-state index >= 15 is 0 Å². The number of carboxylic acid groups (broad SMARTS) is 1. The minimum Gasteiger partial charge on any atom is -0.478 e. The lowest BCUT2D eigenvalue weighted by Gasteiger charge is -2.10. The van der Waals surface area contributed by atoms with Crippen molar-refractivity contribution in [3.05, 3.63) is 61.2 Å². The normalized spacial score (nSPS) is 10.9. The van der Waals surface area contributed by atoms with Gasteiger partial charge >= 0.3 is 5.97 Å². The Balaban J connectivity index is 1.78. The minimum absolute atomic E-state index is 0.0228. The molecule has 122 valence electrons. The summed E-state index contributed by atoms with van der Waals surface area (Å²) in [5.74, 6) is -0.477. The van der Waals surface area contributed by atoms with E-state index in [-0.39, 0.29) is 5.57 Å². The molecule has 2 aromatic heterocycles.